The van der Waals surface area contributed by atoms with Crippen molar-refractivity contribution in [2.24, 2.45) is 23.7 Å². The molecule has 0 aliphatic carbocycles. The molecule has 0 bridgehead atoms. The number of aryl methyl sites for hydroxylation is 1. The number of methoxy groups -OCH3 is 1. The van der Waals surface area contributed by atoms with Crippen LogP contribution in [0.4, 0.5) is 0 Å². The quantitative estimate of drug-likeness (QED) is 0.132. The molecule has 6 N–H and O–H groups in total. The summed E-state index contributed by atoms with van der Waals surface area (Å²) in [6.07, 6.45) is -6.92. The molecule has 0 saturated carbocycles. The van der Waals surface area contributed by atoms with Gasteiger partial charge >= 0.3 is 5.97 Å². The number of carbonyl (C=O) groups excluding carboxylic acids is 1. The molecule has 8 unspecified atom stereocenters. The van der Waals surface area contributed by atoms with Gasteiger partial charge in [0, 0.05) is 37.5 Å². The third-order valence-corrected chi connectivity index (χ3v) is 14.0. The Balaban J connectivity index is 1.81. The number of hydrogen-bond donors (Lipinski definition) is 6. The van der Waals surface area contributed by atoms with Crippen LogP contribution in [0.3, 0.4) is 0 Å². The topological polar surface area (TPSA) is 189 Å². The van der Waals surface area contributed by atoms with Crippen molar-refractivity contribution in [2.75, 3.05) is 27.7 Å². The third-order valence-electron chi connectivity index (χ3n) is 14.0. The van der Waals surface area contributed by atoms with Gasteiger partial charge in [-0.2, -0.15) is 0 Å². The van der Waals surface area contributed by atoms with Crippen LogP contribution in [0, 0.1) is 23.7 Å². The summed E-state index contributed by atoms with van der Waals surface area (Å²) in [6.45, 7) is 18.4. The fraction of sp³-hybridized carbons (Fsp3) is 0.848. The summed E-state index contributed by atoms with van der Waals surface area (Å²) in [5, 5.41) is 63.5. The lowest BCUT2D eigenvalue weighted by atomic mass is 9.72. The van der Waals surface area contributed by atoms with Crippen LogP contribution < -0.4 is 5.32 Å². The van der Waals surface area contributed by atoms with Crippen molar-refractivity contribution in [3.63, 3.8) is 0 Å². The first-order valence-electron chi connectivity index (χ1n) is 22.3. The molecule has 19 atom stereocenters. The van der Waals surface area contributed by atoms with Gasteiger partial charge in [0.2, 0.25) is 0 Å². The van der Waals surface area contributed by atoms with Gasteiger partial charge in [-0.15, -0.1) is 0 Å². The highest BCUT2D eigenvalue weighted by Crippen LogP contribution is 2.41. The number of likely N-dealkylation sites (N-methyl/N-ethyl adjacent to an activating group) is 1. The molecule has 3 heterocycles. The van der Waals surface area contributed by atoms with Gasteiger partial charge in [0.15, 0.2) is 12.6 Å². The van der Waals surface area contributed by atoms with E-state index in [1.54, 1.807) is 34.6 Å². The maximum atomic E-state index is 14.4. The lowest BCUT2D eigenvalue weighted by molar-refractivity contribution is -0.318. The predicted molar refractivity (Wildman–Crippen MR) is 228 cm³/mol. The molecular formula is C46H80N2O12. The Hall–Kier alpha value is -1.79. The first-order valence-corrected chi connectivity index (χ1v) is 22.3. The fourth-order valence-corrected chi connectivity index (χ4v) is 10.2. The zero-order chi connectivity index (χ0) is 44.9. The van der Waals surface area contributed by atoms with Gasteiger partial charge in [0.1, 0.15) is 23.9 Å². The number of benzene rings is 1. The molecule has 3 saturated heterocycles. The van der Waals surface area contributed by atoms with E-state index in [1.165, 1.54) is 19.6 Å². The Morgan fingerprint density at radius 1 is 0.900 bits per heavy atom. The smallest absolute Gasteiger partial charge is 0.311 e. The second kappa shape index (κ2) is 21.3. The molecule has 0 spiro atoms. The monoisotopic (exact) mass is 853 g/mol. The zero-order valence-corrected chi connectivity index (χ0v) is 38.6. The normalized spacial score (nSPS) is 45.2. The molecule has 14 heteroatoms. The lowest BCUT2D eigenvalue weighted by Gasteiger charge is -2.49. The zero-order valence-electron chi connectivity index (χ0n) is 38.6. The number of aliphatic hydroxyl groups is 5. The van der Waals surface area contributed by atoms with Gasteiger partial charge in [-0.25, -0.2) is 0 Å². The number of cyclic esters (lactones) is 1. The van der Waals surface area contributed by atoms with Crippen molar-refractivity contribution in [1.82, 2.24) is 10.2 Å². The van der Waals surface area contributed by atoms with E-state index in [0.29, 0.717) is 13.0 Å². The Morgan fingerprint density at radius 2 is 1.55 bits per heavy atom. The van der Waals surface area contributed by atoms with Crippen molar-refractivity contribution < 1.29 is 58.7 Å². The summed E-state index contributed by atoms with van der Waals surface area (Å²) < 4.78 is 38.0. The van der Waals surface area contributed by atoms with Gasteiger partial charge < -0.3 is 64.2 Å². The van der Waals surface area contributed by atoms with Crippen LogP contribution in [0.15, 0.2) is 30.3 Å². The van der Waals surface area contributed by atoms with Crippen molar-refractivity contribution in [3.8, 4) is 0 Å². The predicted octanol–water partition coefficient (Wildman–Crippen LogP) is 3.81. The highest BCUT2D eigenvalue weighted by Gasteiger charge is 2.53. The standard InChI is InChI=1S/C46H80N2O12/c1-14-34-46(10,54)39(50)28(4)36(47-22-18-21-32-19-16-15-17-20-32)26(2)24-44(8,53)41(60-43-37(49)33(48(11)12)23-27(3)56-43)29(5)38(30(6)42(52)58-34)59-35-25-45(9,55-13)40(51)31(7)57-35/h15-17,19-20,26-31,33-41,43,47,49-51,53-54H,14,18,21-25H2,1-13H3/t26-,27?,28+,29+,30-,31?,33?,34-,35?,36+,37?,38+,39-,40?,41-,43?,44-,45?,46-/m1/s1. The van der Waals surface area contributed by atoms with Crippen LogP contribution >= 0.6 is 0 Å². The molecule has 60 heavy (non-hydrogen) atoms. The van der Waals surface area contributed by atoms with Crippen LogP contribution in [-0.2, 0) is 39.6 Å². The molecule has 0 radical (unpaired) electrons. The largest absolute Gasteiger partial charge is 0.459 e. The van der Waals surface area contributed by atoms with Crippen molar-refractivity contribution in [3.05, 3.63) is 35.9 Å². The number of aliphatic hydroxyl groups excluding tert-OH is 3. The van der Waals surface area contributed by atoms with Crippen LogP contribution in [0.2, 0.25) is 0 Å². The van der Waals surface area contributed by atoms with Crippen LogP contribution in [0.25, 0.3) is 0 Å². The maximum absolute atomic E-state index is 14.4. The molecule has 3 fully saturated rings. The summed E-state index contributed by atoms with van der Waals surface area (Å²) in [6, 6.07) is 9.48. The van der Waals surface area contributed by atoms with E-state index in [4.69, 9.17) is 28.4 Å². The minimum absolute atomic E-state index is 0.124. The molecule has 1 aromatic carbocycles. The molecular weight excluding hydrogens is 773 g/mol. The van der Waals surface area contributed by atoms with E-state index in [1.807, 2.05) is 64.9 Å². The van der Waals surface area contributed by atoms with Gasteiger partial charge in [-0.05, 0) is 106 Å². The fourth-order valence-electron chi connectivity index (χ4n) is 10.2. The molecule has 3 aliphatic rings. The average molecular weight is 853 g/mol. The van der Waals surface area contributed by atoms with Crippen molar-refractivity contribution in [1.29, 1.82) is 0 Å². The SMILES string of the molecule is CC[C@H]1OC(=O)[C@H](C)[C@@H](OC2CC(C)(OC)C(O)C(C)O2)[C@H](C)[C@@H](OC2OC(C)CC(N(C)C)C2O)[C@](C)(O)C[C@@H](C)[C@H](NCCCc2ccccc2)[C@H](C)[C@@H](O)[C@]1(C)O. The first kappa shape index (κ1) is 50.9. The van der Waals surface area contributed by atoms with Gasteiger partial charge in [-0.3, -0.25) is 4.79 Å². The highest BCUT2D eigenvalue weighted by molar-refractivity contribution is 5.73. The number of nitrogens with zero attached hydrogens (tertiary/aromatic N) is 1. The van der Waals surface area contributed by atoms with E-state index in [-0.39, 0.29) is 37.3 Å². The van der Waals surface area contributed by atoms with Crippen LogP contribution in [0.5, 0.6) is 0 Å². The lowest BCUT2D eigenvalue weighted by Crippen LogP contribution is -2.62. The molecule has 4 rings (SSSR count). The Morgan fingerprint density at radius 3 is 2.15 bits per heavy atom. The summed E-state index contributed by atoms with van der Waals surface area (Å²) >= 11 is 0. The Kier molecular flexibility index (Phi) is 18.0. The summed E-state index contributed by atoms with van der Waals surface area (Å²) in [7, 11) is 5.29. The Labute approximate surface area is 359 Å². The number of carbonyl (C=O) groups is 1. The number of nitrogens with one attached hydrogen (secondary N) is 1. The number of rotatable bonds is 12. The van der Waals surface area contributed by atoms with E-state index >= 15 is 0 Å². The molecule has 346 valence electrons. The van der Waals surface area contributed by atoms with Crippen molar-refractivity contribution in [2.45, 2.75) is 198 Å². The van der Waals surface area contributed by atoms with Gasteiger partial charge in [0.05, 0.1) is 47.6 Å². The summed E-state index contributed by atoms with van der Waals surface area (Å²) in [4.78, 5) is 16.4. The number of ether oxygens (including phenoxy) is 6. The first-order chi connectivity index (χ1) is 28.0. The molecule has 0 amide bonds. The van der Waals surface area contributed by atoms with E-state index in [0.717, 1.165) is 12.8 Å². The summed E-state index contributed by atoms with van der Waals surface area (Å²) in [5.41, 5.74) is -3.32. The van der Waals surface area contributed by atoms with Crippen LogP contribution in [-0.4, -0.2) is 154 Å². The summed E-state index contributed by atoms with van der Waals surface area (Å²) in [5.74, 6) is -3.36. The third kappa shape index (κ3) is 11.9. The molecule has 14 nitrogen and oxygen atoms in total. The van der Waals surface area contributed by atoms with E-state index in [9.17, 15) is 30.3 Å². The Bertz CT molecular complexity index is 1470. The second-order valence-corrected chi connectivity index (χ2v) is 19.3. The second-order valence-electron chi connectivity index (χ2n) is 19.3. The highest BCUT2D eigenvalue weighted by atomic mass is 16.7. The van der Waals surface area contributed by atoms with E-state index in [2.05, 4.69) is 17.4 Å². The molecule has 3 aliphatic heterocycles. The minimum Gasteiger partial charge on any atom is -0.459 e. The molecule has 1 aromatic rings. The maximum Gasteiger partial charge on any atom is 0.311 e. The van der Waals surface area contributed by atoms with Crippen LogP contribution in [0.1, 0.15) is 107 Å². The minimum atomic E-state index is -1.85. The van der Waals surface area contributed by atoms with E-state index < -0.39 is 102 Å². The average Bonchev–Trinajstić information content (AvgIpc) is 3.19. The number of esters is 1. The van der Waals surface area contributed by atoms with Crippen molar-refractivity contribution >= 4 is 5.97 Å². The molecule has 0 aromatic heterocycles. The van der Waals surface area contributed by atoms with Gasteiger partial charge in [-0.1, -0.05) is 58.0 Å². The van der Waals surface area contributed by atoms with Gasteiger partial charge in [0.25, 0.3) is 0 Å². The number of hydrogen-bond acceptors (Lipinski definition) is 14.